The van der Waals surface area contributed by atoms with E-state index in [0.29, 0.717) is 6.04 Å². The summed E-state index contributed by atoms with van der Waals surface area (Å²) >= 11 is 0. The molecule has 0 spiro atoms. The third-order valence-corrected chi connectivity index (χ3v) is 2.95. The van der Waals surface area contributed by atoms with Crippen LogP contribution in [0.1, 0.15) is 25.8 Å². The van der Waals surface area contributed by atoms with Crippen molar-refractivity contribution in [1.29, 1.82) is 0 Å². The molecule has 0 radical (unpaired) electrons. The zero-order valence-electron chi connectivity index (χ0n) is 8.19. The maximum absolute atomic E-state index is 4.09. The minimum atomic E-state index is 0.685. The predicted octanol–water partition coefficient (Wildman–Crippen LogP) is 1.54. The van der Waals surface area contributed by atoms with Gasteiger partial charge in [-0.05, 0) is 19.4 Å². The van der Waals surface area contributed by atoms with Crippen LogP contribution < -0.4 is 0 Å². The number of nitrogens with zero attached hydrogens (tertiary/aromatic N) is 3. The minimum absolute atomic E-state index is 0.685. The SMILES string of the molecule is CCN1CCC(n2ccnc2)CC1. The van der Waals surface area contributed by atoms with Gasteiger partial charge in [0.25, 0.3) is 0 Å². The lowest BCUT2D eigenvalue weighted by molar-refractivity contribution is 0.194. The number of aromatic nitrogens is 2. The first-order valence-corrected chi connectivity index (χ1v) is 5.10. The van der Waals surface area contributed by atoms with Crippen molar-refractivity contribution in [2.75, 3.05) is 19.6 Å². The Hall–Kier alpha value is -0.830. The van der Waals surface area contributed by atoms with Crippen LogP contribution in [0.2, 0.25) is 0 Å². The topological polar surface area (TPSA) is 21.1 Å². The van der Waals surface area contributed by atoms with Gasteiger partial charge in [-0.15, -0.1) is 0 Å². The smallest absolute Gasteiger partial charge is 0.0948 e. The molecule has 0 saturated carbocycles. The van der Waals surface area contributed by atoms with E-state index < -0.39 is 0 Å². The fourth-order valence-electron chi connectivity index (χ4n) is 2.02. The fraction of sp³-hybridized carbons (Fsp3) is 0.700. The van der Waals surface area contributed by atoms with E-state index in [1.54, 1.807) is 0 Å². The standard InChI is InChI=1S/C10H17N3/c1-2-12-6-3-10(4-7-12)13-8-5-11-9-13/h5,8-10H,2-4,6-7H2,1H3. The summed E-state index contributed by atoms with van der Waals surface area (Å²) in [5.74, 6) is 0. The summed E-state index contributed by atoms with van der Waals surface area (Å²) in [6.45, 7) is 5.90. The molecule has 0 amide bonds. The van der Waals surface area contributed by atoms with Crippen molar-refractivity contribution in [3.63, 3.8) is 0 Å². The Balaban J connectivity index is 1.92. The van der Waals surface area contributed by atoms with Crippen molar-refractivity contribution in [2.45, 2.75) is 25.8 Å². The van der Waals surface area contributed by atoms with Crippen molar-refractivity contribution in [3.8, 4) is 0 Å². The number of imidazole rings is 1. The van der Waals surface area contributed by atoms with Gasteiger partial charge in [-0.3, -0.25) is 0 Å². The van der Waals surface area contributed by atoms with Crippen LogP contribution >= 0.6 is 0 Å². The average molecular weight is 179 g/mol. The number of hydrogen-bond acceptors (Lipinski definition) is 2. The van der Waals surface area contributed by atoms with Crippen molar-refractivity contribution in [1.82, 2.24) is 14.5 Å². The maximum Gasteiger partial charge on any atom is 0.0948 e. The van der Waals surface area contributed by atoms with Crippen LogP contribution in [-0.4, -0.2) is 34.1 Å². The number of likely N-dealkylation sites (tertiary alicyclic amines) is 1. The second kappa shape index (κ2) is 3.92. The van der Waals surface area contributed by atoms with E-state index in [2.05, 4.69) is 27.6 Å². The van der Waals surface area contributed by atoms with Crippen molar-refractivity contribution in [2.24, 2.45) is 0 Å². The van der Waals surface area contributed by atoms with Gasteiger partial charge in [-0.2, -0.15) is 0 Å². The van der Waals surface area contributed by atoms with Gasteiger partial charge < -0.3 is 9.47 Å². The molecule has 2 heterocycles. The van der Waals surface area contributed by atoms with Gasteiger partial charge in [0, 0.05) is 31.5 Å². The highest BCUT2D eigenvalue weighted by molar-refractivity contribution is 4.83. The monoisotopic (exact) mass is 179 g/mol. The summed E-state index contributed by atoms with van der Waals surface area (Å²) < 4.78 is 2.24. The normalized spacial score (nSPS) is 20.7. The molecular formula is C10H17N3. The Morgan fingerprint density at radius 1 is 1.38 bits per heavy atom. The van der Waals surface area contributed by atoms with E-state index in [9.17, 15) is 0 Å². The Bertz CT molecular complexity index is 235. The van der Waals surface area contributed by atoms with Crippen molar-refractivity contribution < 1.29 is 0 Å². The van der Waals surface area contributed by atoms with Gasteiger partial charge in [0.1, 0.15) is 0 Å². The molecule has 0 atom stereocenters. The third-order valence-electron chi connectivity index (χ3n) is 2.95. The largest absolute Gasteiger partial charge is 0.334 e. The van der Waals surface area contributed by atoms with E-state index >= 15 is 0 Å². The van der Waals surface area contributed by atoms with Gasteiger partial charge in [0.15, 0.2) is 0 Å². The zero-order chi connectivity index (χ0) is 9.10. The Kier molecular flexibility index (Phi) is 2.64. The molecule has 0 aromatic carbocycles. The zero-order valence-corrected chi connectivity index (χ0v) is 8.19. The number of hydrogen-bond donors (Lipinski definition) is 0. The lowest BCUT2D eigenvalue weighted by atomic mass is 10.1. The third kappa shape index (κ3) is 1.91. The second-order valence-electron chi connectivity index (χ2n) is 3.68. The van der Waals surface area contributed by atoms with Crippen LogP contribution in [0.25, 0.3) is 0 Å². The first-order valence-electron chi connectivity index (χ1n) is 5.10. The van der Waals surface area contributed by atoms with E-state index in [0.717, 1.165) is 0 Å². The van der Waals surface area contributed by atoms with Gasteiger partial charge >= 0.3 is 0 Å². The first kappa shape index (κ1) is 8.75. The highest BCUT2D eigenvalue weighted by Crippen LogP contribution is 2.21. The van der Waals surface area contributed by atoms with Gasteiger partial charge in [0.05, 0.1) is 6.33 Å². The lowest BCUT2D eigenvalue weighted by Crippen LogP contribution is -2.34. The molecule has 1 aliphatic rings. The van der Waals surface area contributed by atoms with Crippen LogP contribution in [0.3, 0.4) is 0 Å². The quantitative estimate of drug-likeness (QED) is 0.686. The molecular weight excluding hydrogens is 162 g/mol. The Morgan fingerprint density at radius 2 is 2.15 bits per heavy atom. The molecule has 72 valence electrons. The lowest BCUT2D eigenvalue weighted by Gasteiger charge is -2.31. The highest BCUT2D eigenvalue weighted by Gasteiger charge is 2.18. The number of piperidine rings is 1. The highest BCUT2D eigenvalue weighted by atomic mass is 15.1. The van der Waals surface area contributed by atoms with E-state index in [1.807, 2.05) is 12.5 Å². The van der Waals surface area contributed by atoms with Crippen molar-refractivity contribution >= 4 is 0 Å². The average Bonchev–Trinajstić information content (AvgIpc) is 2.71. The van der Waals surface area contributed by atoms with E-state index in [-0.39, 0.29) is 0 Å². The molecule has 13 heavy (non-hydrogen) atoms. The van der Waals surface area contributed by atoms with Crippen LogP contribution in [0, 0.1) is 0 Å². The van der Waals surface area contributed by atoms with Gasteiger partial charge in [0.2, 0.25) is 0 Å². The molecule has 2 rings (SSSR count). The van der Waals surface area contributed by atoms with E-state index in [4.69, 9.17) is 0 Å². The molecule has 3 heteroatoms. The molecule has 0 bridgehead atoms. The summed E-state index contributed by atoms with van der Waals surface area (Å²) in [7, 11) is 0. The molecule has 1 saturated heterocycles. The molecule has 1 fully saturated rings. The summed E-state index contributed by atoms with van der Waals surface area (Å²) in [6.07, 6.45) is 8.42. The predicted molar refractivity (Wildman–Crippen MR) is 52.6 cm³/mol. The number of rotatable bonds is 2. The van der Waals surface area contributed by atoms with E-state index in [1.165, 1.54) is 32.5 Å². The molecule has 0 unspecified atom stereocenters. The molecule has 0 N–H and O–H groups in total. The van der Waals surface area contributed by atoms with Gasteiger partial charge in [-0.25, -0.2) is 4.98 Å². The molecule has 3 nitrogen and oxygen atoms in total. The summed E-state index contributed by atoms with van der Waals surface area (Å²) in [4.78, 5) is 6.59. The Labute approximate surface area is 79.4 Å². The Morgan fingerprint density at radius 3 is 2.69 bits per heavy atom. The summed E-state index contributed by atoms with van der Waals surface area (Å²) in [5.41, 5.74) is 0. The van der Waals surface area contributed by atoms with Crippen LogP contribution in [-0.2, 0) is 0 Å². The summed E-state index contributed by atoms with van der Waals surface area (Å²) in [5, 5.41) is 0. The molecule has 1 aromatic rings. The van der Waals surface area contributed by atoms with Crippen molar-refractivity contribution in [3.05, 3.63) is 18.7 Å². The molecule has 1 aliphatic heterocycles. The molecule has 0 aliphatic carbocycles. The fourth-order valence-corrected chi connectivity index (χ4v) is 2.02. The molecule has 1 aromatic heterocycles. The van der Waals surface area contributed by atoms with Crippen LogP contribution in [0.15, 0.2) is 18.7 Å². The minimum Gasteiger partial charge on any atom is -0.334 e. The van der Waals surface area contributed by atoms with Crippen LogP contribution in [0.4, 0.5) is 0 Å². The van der Waals surface area contributed by atoms with Gasteiger partial charge in [-0.1, -0.05) is 6.92 Å². The summed E-state index contributed by atoms with van der Waals surface area (Å²) in [6, 6.07) is 0.685. The van der Waals surface area contributed by atoms with Crippen LogP contribution in [0.5, 0.6) is 0 Å². The second-order valence-corrected chi connectivity index (χ2v) is 3.68. The maximum atomic E-state index is 4.09. The first-order chi connectivity index (χ1) is 6.40.